The Labute approximate surface area is 517 Å². The molecule has 0 bridgehead atoms. The number of hydrogen-bond donors (Lipinski definition) is 0. The minimum Gasteiger partial charge on any atom is -0.308 e. The van der Waals surface area contributed by atoms with Crippen LogP contribution in [0.5, 0.6) is 0 Å². The maximum Gasteiger partial charge on any atom is 0.126 e. The van der Waals surface area contributed by atoms with Gasteiger partial charge in [0.25, 0.3) is 0 Å². The van der Waals surface area contributed by atoms with E-state index in [1.807, 2.05) is 158 Å². The molecule has 0 fully saturated rings. The van der Waals surface area contributed by atoms with Crippen LogP contribution in [0.2, 0.25) is 0 Å². The predicted octanol–water partition coefficient (Wildman–Crippen LogP) is 20.6. The number of rotatable bonds is 11. The first-order chi connectivity index (χ1) is 44.3. The average molecular weight is 1160 g/mol. The predicted molar refractivity (Wildman–Crippen MR) is 360 cm³/mol. The highest BCUT2D eigenvalue weighted by atomic mass is 19.1. The molecule has 9 heteroatoms. The zero-order valence-electron chi connectivity index (χ0n) is 48.2. The molecule has 0 spiro atoms. The summed E-state index contributed by atoms with van der Waals surface area (Å²) in [5, 5.41) is 15.6. The minimum absolute atomic E-state index is 0.303. The molecular formula is C81H49F2N7. The Morgan fingerprint density at radius 2 is 0.500 bits per heavy atom. The number of aromatic nitrogens is 6. The van der Waals surface area contributed by atoms with Crippen LogP contribution >= 0.6 is 0 Å². The van der Waals surface area contributed by atoms with Crippen molar-refractivity contribution in [1.29, 1.82) is 5.26 Å². The summed E-state index contributed by atoms with van der Waals surface area (Å²) >= 11 is 0. The first kappa shape index (κ1) is 53.2. The van der Waals surface area contributed by atoms with Gasteiger partial charge >= 0.3 is 0 Å². The first-order valence-corrected chi connectivity index (χ1v) is 29.7. The number of nitrogens with zero attached hydrogens (tertiary/aromatic N) is 7. The highest BCUT2D eigenvalue weighted by molar-refractivity contribution is 6.14. The van der Waals surface area contributed by atoms with Gasteiger partial charge in [-0.25, -0.2) is 28.7 Å². The summed E-state index contributed by atoms with van der Waals surface area (Å²) < 4.78 is 35.7. The number of hydrogen-bond acceptors (Lipinski definition) is 5. The van der Waals surface area contributed by atoms with Crippen LogP contribution < -0.4 is 0 Å². The Morgan fingerprint density at radius 1 is 0.244 bits per heavy atom. The van der Waals surface area contributed by atoms with E-state index in [-0.39, 0.29) is 0 Å². The van der Waals surface area contributed by atoms with Gasteiger partial charge in [-0.1, -0.05) is 170 Å². The lowest BCUT2D eigenvalue weighted by atomic mass is 9.99. The van der Waals surface area contributed by atoms with Crippen molar-refractivity contribution in [2.75, 3.05) is 0 Å². The fraction of sp³-hybridized carbons (Fsp3) is 0. The monoisotopic (exact) mass is 1160 g/mol. The Morgan fingerprint density at radius 3 is 0.767 bits per heavy atom. The second kappa shape index (κ2) is 22.2. The summed E-state index contributed by atoms with van der Waals surface area (Å²) in [6.07, 6.45) is 0. The van der Waals surface area contributed by atoms with Gasteiger partial charge in [0.2, 0.25) is 0 Å². The van der Waals surface area contributed by atoms with Crippen molar-refractivity contribution in [2.45, 2.75) is 0 Å². The third-order valence-corrected chi connectivity index (χ3v) is 16.9. The topological polar surface area (TPSA) is 85.2 Å². The molecule has 7 nitrogen and oxygen atoms in total. The molecule has 6 aromatic heterocycles. The molecule has 6 heterocycles. The molecule has 422 valence electrons. The maximum absolute atomic E-state index is 15.7. The molecule has 16 rings (SSSR count). The molecule has 0 radical (unpaired) electrons. The van der Waals surface area contributed by atoms with E-state index in [0.717, 1.165) is 140 Å². The quantitative estimate of drug-likeness (QED) is 0.129. The second-order valence-electron chi connectivity index (χ2n) is 22.4. The number of benzene rings is 10. The van der Waals surface area contributed by atoms with E-state index in [2.05, 4.69) is 137 Å². The molecule has 90 heavy (non-hydrogen) atoms. The number of pyridine rings is 4. The Hall–Kier alpha value is -12.3. The average Bonchev–Trinajstić information content (AvgIpc) is 1.60. The van der Waals surface area contributed by atoms with Crippen LogP contribution in [0, 0.1) is 23.0 Å². The molecule has 0 saturated heterocycles. The fourth-order valence-corrected chi connectivity index (χ4v) is 12.6. The maximum atomic E-state index is 15.7. The van der Waals surface area contributed by atoms with E-state index < -0.39 is 11.6 Å². The van der Waals surface area contributed by atoms with Gasteiger partial charge in [-0.3, -0.25) is 0 Å². The molecule has 0 atom stereocenters. The lowest BCUT2D eigenvalue weighted by Gasteiger charge is -2.19. The molecule has 16 aromatic rings. The largest absolute Gasteiger partial charge is 0.308 e. The van der Waals surface area contributed by atoms with Crippen molar-refractivity contribution in [3.05, 3.63) is 314 Å². The standard InChI is InChI=1S/C81H49F2N7/c82-61-41-59(42-62(83)49-61)60-47-80(89-76-37-33-55(72-29-13-25-68(85-72)51-17-5-1-6-18-51)43-63(76)64-44-56(34-38-77(64)89)73-30-14-26-69(86-73)52-19-7-2-8-20-52)67(50-84)81(48-60)90-78-39-35-57(74-31-15-27-70(87-74)53-21-9-3-10-22-53)45-65(78)66-46-58(36-40-79(66)90)75-32-16-28-71(88-75)54-23-11-4-12-24-54/h1-49H. The molecule has 0 aliphatic carbocycles. The van der Waals surface area contributed by atoms with E-state index in [9.17, 15) is 5.26 Å². The van der Waals surface area contributed by atoms with Crippen LogP contribution in [0.4, 0.5) is 8.78 Å². The molecule has 0 unspecified atom stereocenters. The molecule has 0 aliphatic rings. The van der Waals surface area contributed by atoms with Gasteiger partial charge in [-0.05, 0) is 132 Å². The minimum atomic E-state index is -0.726. The Balaban J connectivity index is 0.953. The third-order valence-electron chi connectivity index (χ3n) is 16.9. The molecule has 0 saturated carbocycles. The normalized spacial score (nSPS) is 11.4. The smallest absolute Gasteiger partial charge is 0.126 e. The summed E-state index contributed by atoms with van der Waals surface area (Å²) in [7, 11) is 0. The summed E-state index contributed by atoms with van der Waals surface area (Å²) in [4.78, 5) is 20.8. The van der Waals surface area contributed by atoms with Crippen LogP contribution in [0.3, 0.4) is 0 Å². The van der Waals surface area contributed by atoms with E-state index >= 15 is 8.78 Å². The summed E-state index contributed by atoms with van der Waals surface area (Å²) in [6, 6.07) is 100. The molecule has 0 amide bonds. The van der Waals surface area contributed by atoms with E-state index in [1.165, 1.54) is 12.1 Å². The number of halogens is 2. The van der Waals surface area contributed by atoms with Crippen molar-refractivity contribution in [3.8, 4) is 119 Å². The zero-order chi connectivity index (χ0) is 60.2. The lowest BCUT2D eigenvalue weighted by Crippen LogP contribution is -2.05. The lowest BCUT2D eigenvalue weighted by molar-refractivity contribution is 0.584. The highest BCUT2D eigenvalue weighted by Gasteiger charge is 2.25. The second-order valence-corrected chi connectivity index (χ2v) is 22.4. The number of fused-ring (bicyclic) bond motifs is 6. The van der Waals surface area contributed by atoms with Crippen LogP contribution in [0.25, 0.3) is 156 Å². The number of nitriles is 1. The molecule has 0 aliphatic heterocycles. The van der Waals surface area contributed by atoms with Gasteiger partial charge in [0.1, 0.15) is 23.3 Å². The first-order valence-electron chi connectivity index (χ1n) is 29.7. The molecule has 0 N–H and O–H groups in total. The van der Waals surface area contributed by atoms with Gasteiger partial charge in [-0.2, -0.15) is 5.26 Å². The van der Waals surface area contributed by atoms with E-state index in [0.29, 0.717) is 28.1 Å². The highest BCUT2D eigenvalue weighted by Crippen LogP contribution is 2.44. The zero-order valence-corrected chi connectivity index (χ0v) is 48.2. The van der Waals surface area contributed by atoms with Crippen LogP contribution in [-0.2, 0) is 0 Å². The Bertz CT molecular complexity index is 4910. The third kappa shape index (κ3) is 9.62. The summed E-state index contributed by atoms with van der Waals surface area (Å²) in [6.45, 7) is 0. The summed E-state index contributed by atoms with van der Waals surface area (Å²) in [5.74, 6) is -1.45. The van der Waals surface area contributed by atoms with Gasteiger partial charge < -0.3 is 9.13 Å². The summed E-state index contributed by atoms with van der Waals surface area (Å²) in [5.41, 5.74) is 19.5. The Kier molecular flexibility index (Phi) is 13.2. The van der Waals surface area contributed by atoms with Gasteiger partial charge in [0.05, 0.1) is 79.0 Å². The van der Waals surface area contributed by atoms with Gasteiger partial charge in [0.15, 0.2) is 0 Å². The van der Waals surface area contributed by atoms with Crippen molar-refractivity contribution < 1.29 is 8.78 Å². The van der Waals surface area contributed by atoms with Crippen LogP contribution in [0.1, 0.15) is 5.56 Å². The van der Waals surface area contributed by atoms with Crippen molar-refractivity contribution >= 4 is 43.6 Å². The van der Waals surface area contributed by atoms with Crippen molar-refractivity contribution in [3.63, 3.8) is 0 Å². The fourth-order valence-electron chi connectivity index (χ4n) is 12.6. The van der Waals surface area contributed by atoms with E-state index in [1.54, 1.807) is 0 Å². The van der Waals surface area contributed by atoms with Crippen LogP contribution in [-0.4, -0.2) is 29.1 Å². The van der Waals surface area contributed by atoms with E-state index in [4.69, 9.17) is 19.9 Å². The molecule has 10 aromatic carbocycles. The van der Waals surface area contributed by atoms with Crippen LogP contribution in [0.15, 0.2) is 297 Å². The van der Waals surface area contributed by atoms with Gasteiger partial charge in [0, 0.05) is 72.1 Å². The molecular weight excluding hydrogens is 1110 g/mol. The van der Waals surface area contributed by atoms with Crippen molar-refractivity contribution in [1.82, 2.24) is 29.1 Å². The van der Waals surface area contributed by atoms with Crippen molar-refractivity contribution in [2.24, 2.45) is 0 Å². The van der Waals surface area contributed by atoms with Gasteiger partial charge in [-0.15, -0.1) is 0 Å². The SMILES string of the molecule is N#Cc1c(-n2c3ccc(-c4cccc(-c5ccccc5)n4)cc3c3cc(-c4cccc(-c5ccccc5)n4)ccc32)cc(-c2cc(F)cc(F)c2)cc1-n1c2ccc(-c3cccc(-c4ccccc4)n3)cc2c2cc(-c3cccc(-c4ccccc4)n3)ccc21.